The minimum absolute atomic E-state index is 0.0256. The van der Waals surface area contributed by atoms with Gasteiger partial charge in [0.05, 0.1) is 7.11 Å². The summed E-state index contributed by atoms with van der Waals surface area (Å²) >= 11 is 0. The number of unbranched alkanes of at least 4 members (excludes halogenated alkanes) is 3. The molecule has 1 fully saturated rings. The Bertz CT molecular complexity index is 898. The van der Waals surface area contributed by atoms with Crippen molar-refractivity contribution < 1.29 is 28.7 Å². The number of ketones is 1. The lowest BCUT2D eigenvalue weighted by atomic mass is 9.98. The van der Waals surface area contributed by atoms with E-state index in [4.69, 9.17) is 0 Å². The second-order valence-corrected chi connectivity index (χ2v) is 9.64. The molecule has 0 aliphatic heterocycles. The number of methoxy groups -OCH3 is 1. The number of ether oxygens (including phenoxy) is 1. The molecule has 198 valence electrons. The molecular formula is C27H39N3O6. The van der Waals surface area contributed by atoms with E-state index >= 15 is 0 Å². The maximum atomic E-state index is 13.1. The standard InChI is InChI=1S/C27H39N3O6/c1-18(2)24(30-22(31)13-9-4-5-10-14-23(32)36-3)26(34)29-21(17-19-11-7-6-8-12-19)25(33)27(35)28-20-15-16-20/h6-8,11-12,18,20-21,24H,4-5,9-10,13-17H2,1-3H3,(H,28,35)(H,29,34)(H,30,31). The normalized spacial score (nSPS) is 14.4. The van der Waals surface area contributed by atoms with E-state index < -0.39 is 29.7 Å². The van der Waals surface area contributed by atoms with Crippen LogP contribution in [0.4, 0.5) is 0 Å². The summed E-state index contributed by atoms with van der Waals surface area (Å²) in [5.41, 5.74) is 0.813. The number of rotatable bonds is 16. The molecule has 0 radical (unpaired) electrons. The van der Waals surface area contributed by atoms with Crippen LogP contribution in [0.5, 0.6) is 0 Å². The van der Waals surface area contributed by atoms with Gasteiger partial charge in [-0.2, -0.15) is 0 Å². The number of Topliss-reactive ketones (excluding diaryl/α,β-unsaturated/α-hetero) is 1. The third kappa shape index (κ3) is 10.6. The SMILES string of the molecule is COC(=O)CCCCCCC(=O)NC(C(=O)NC(Cc1ccccc1)C(=O)C(=O)NC1CC1)C(C)C. The Hall–Kier alpha value is -3.23. The average molecular weight is 502 g/mol. The highest BCUT2D eigenvalue weighted by atomic mass is 16.5. The second kappa shape index (κ2) is 15.0. The predicted octanol–water partition coefficient (Wildman–Crippen LogP) is 2.22. The van der Waals surface area contributed by atoms with Gasteiger partial charge in [-0.1, -0.05) is 57.0 Å². The number of carbonyl (C=O) groups excluding carboxylic acids is 5. The fourth-order valence-electron chi connectivity index (χ4n) is 3.75. The molecule has 3 amide bonds. The number of benzene rings is 1. The first kappa shape index (κ1) is 29.0. The van der Waals surface area contributed by atoms with Gasteiger partial charge in [0, 0.05) is 25.3 Å². The molecule has 9 nitrogen and oxygen atoms in total. The fraction of sp³-hybridized carbons (Fsp3) is 0.593. The quantitative estimate of drug-likeness (QED) is 0.181. The van der Waals surface area contributed by atoms with E-state index in [1.807, 2.05) is 44.2 Å². The monoisotopic (exact) mass is 501 g/mol. The zero-order valence-corrected chi connectivity index (χ0v) is 21.5. The van der Waals surface area contributed by atoms with E-state index in [0.29, 0.717) is 19.3 Å². The molecule has 2 rings (SSSR count). The predicted molar refractivity (Wildman–Crippen MR) is 135 cm³/mol. The minimum atomic E-state index is -1.04. The van der Waals surface area contributed by atoms with Crippen molar-refractivity contribution in [3.63, 3.8) is 0 Å². The van der Waals surface area contributed by atoms with Crippen molar-refractivity contribution in [2.75, 3.05) is 7.11 Å². The Balaban J connectivity index is 1.92. The third-order valence-electron chi connectivity index (χ3n) is 6.08. The highest BCUT2D eigenvalue weighted by Gasteiger charge is 2.34. The lowest BCUT2D eigenvalue weighted by Crippen LogP contribution is -2.56. The van der Waals surface area contributed by atoms with Gasteiger partial charge in [0.2, 0.25) is 17.6 Å². The molecule has 1 aromatic rings. The van der Waals surface area contributed by atoms with E-state index in [1.54, 1.807) is 0 Å². The Morgan fingerprint density at radius 1 is 0.917 bits per heavy atom. The van der Waals surface area contributed by atoms with Gasteiger partial charge >= 0.3 is 5.97 Å². The summed E-state index contributed by atoms with van der Waals surface area (Å²) in [5.74, 6) is -2.61. The van der Waals surface area contributed by atoms with Gasteiger partial charge in [-0.3, -0.25) is 24.0 Å². The van der Waals surface area contributed by atoms with Gasteiger partial charge in [0.1, 0.15) is 12.1 Å². The van der Waals surface area contributed by atoms with Crippen LogP contribution in [0.2, 0.25) is 0 Å². The molecule has 1 aromatic carbocycles. The van der Waals surface area contributed by atoms with Crippen LogP contribution in [0.3, 0.4) is 0 Å². The van der Waals surface area contributed by atoms with E-state index in [2.05, 4.69) is 20.7 Å². The largest absolute Gasteiger partial charge is 0.469 e. The smallest absolute Gasteiger partial charge is 0.305 e. The van der Waals surface area contributed by atoms with E-state index in [0.717, 1.165) is 31.2 Å². The summed E-state index contributed by atoms with van der Waals surface area (Å²) in [5, 5.41) is 8.19. The Morgan fingerprint density at radius 2 is 1.56 bits per heavy atom. The van der Waals surface area contributed by atoms with Gasteiger partial charge in [-0.25, -0.2) is 0 Å². The van der Waals surface area contributed by atoms with Crippen molar-refractivity contribution in [1.82, 2.24) is 16.0 Å². The number of hydrogen-bond donors (Lipinski definition) is 3. The Morgan fingerprint density at radius 3 is 2.14 bits per heavy atom. The number of hydrogen-bond acceptors (Lipinski definition) is 6. The average Bonchev–Trinajstić information content (AvgIpc) is 3.67. The highest BCUT2D eigenvalue weighted by Crippen LogP contribution is 2.18. The molecule has 0 bridgehead atoms. The minimum Gasteiger partial charge on any atom is -0.469 e. The lowest BCUT2D eigenvalue weighted by Gasteiger charge is -2.25. The molecule has 3 N–H and O–H groups in total. The molecule has 9 heteroatoms. The summed E-state index contributed by atoms with van der Waals surface area (Å²) in [7, 11) is 1.36. The van der Waals surface area contributed by atoms with Crippen LogP contribution in [-0.2, 0) is 35.1 Å². The molecule has 1 aliphatic rings. The first-order valence-electron chi connectivity index (χ1n) is 12.8. The molecule has 0 aromatic heterocycles. The number of amides is 3. The third-order valence-corrected chi connectivity index (χ3v) is 6.08. The molecule has 0 heterocycles. The Labute approximate surface area is 213 Å². The van der Waals surface area contributed by atoms with Crippen LogP contribution in [-0.4, -0.2) is 54.7 Å². The molecule has 2 atom stereocenters. The fourth-order valence-corrected chi connectivity index (χ4v) is 3.75. The molecule has 1 aliphatic carbocycles. The first-order valence-corrected chi connectivity index (χ1v) is 12.8. The molecule has 0 spiro atoms. The van der Waals surface area contributed by atoms with Crippen molar-refractivity contribution in [2.24, 2.45) is 5.92 Å². The van der Waals surface area contributed by atoms with Gasteiger partial charge in [-0.05, 0) is 37.2 Å². The van der Waals surface area contributed by atoms with Gasteiger partial charge < -0.3 is 20.7 Å². The topological polar surface area (TPSA) is 131 Å². The second-order valence-electron chi connectivity index (χ2n) is 9.64. The van der Waals surface area contributed by atoms with Gasteiger partial charge in [0.25, 0.3) is 5.91 Å². The Kier molecular flexibility index (Phi) is 12.1. The van der Waals surface area contributed by atoms with E-state index in [9.17, 15) is 24.0 Å². The van der Waals surface area contributed by atoms with Crippen molar-refractivity contribution in [1.29, 1.82) is 0 Å². The molecule has 36 heavy (non-hydrogen) atoms. The molecule has 1 saturated carbocycles. The van der Waals surface area contributed by atoms with Crippen molar-refractivity contribution in [3.8, 4) is 0 Å². The van der Waals surface area contributed by atoms with Crippen LogP contribution >= 0.6 is 0 Å². The van der Waals surface area contributed by atoms with E-state index in [-0.39, 0.29) is 36.7 Å². The number of carbonyl (C=O) groups is 5. The van der Waals surface area contributed by atoms with Gasteiger partial charge in [0.15, 0.2) is 0 Å². The summed E-state index contributed by atoms with van der Waals surface area (Å²) in [6.07, 6.45) is 5.42. The van der Waals surface area contributed by atoms with Crippen LogP contribution in [0.1, 0.15) is 70.8 Å². The molecule has 2 unspecified atom stereocenters. The molecular weight excluding hydrogens is 462 g/mol. The number of nitrogens with one attached hydrogen (secondary N) is 3. The van der Waals surface area contributed by atoms with Crippen molar-refractivity contribution >= 4 is 29.5 Å². The highest BCUT2D eigenvalue weighted by molar-refractivity contribution is 6.38. The van der Waals surface area contributed by atoms with Crippen molar-refractivity contribution in [3.05, 3.63) is 35.9 Å². The van der Waals surface area contributed by atoms with Crippen molar-refractivity contribution in [2.45, 2.75) is 89.8 Å². The van der Waals surface area contributed by atoms with E-state index in [1.165, 1.54) is 7.11 Å². The first-order chi connectivity index (χ1) is 17.2. The van der Waals surface area contributed by atoms with Crippen LogP contribution in [0.25, 0.3) is 0 Å². The summed E-state index contributed by atoms with van der Waals surface area (Å²) in [6.45, 7) is 3.62. The lowest BCUT2D eigenvalue weighted by molar-refractivity contribution is -0.140. The number of esters is 1. The zero-order valence-electron chi connectivity index (χ0n) is 21.5. The zero-order chi connectivity index (χ0) is 26.5. The summed E-state index contributed by atoms with van der Waals surface area (Å²) in [6, 6.07) is 7.32. The summed E-state index contributed by atoms with van der Waals surface area (Å²) < 4.78 is 4.61. The molecule has 0 saturated heterocycles. The van der Waals surface area contributed by atoms with Crippen LogP contribution in [0.15, 0.2) is 30.3 Å². The maximum absolute atomic E-state index is 13.1. The van der Waals surface area contributed by atoms with Crippen LogP contribution < -0.4 is 16.0 Å². The summed E-state index contributed by atoms with van der Waals surface area (Å²) in [4.78, 5) is 62.1. The van der Waals surface area contributed by atoms with Crippen LogP contribution in [0, 0.1) is 5.92 Å². The maximum Gasteiger partial charge on any atom is 0.305 e. The van der Waals surface area contributed by atoms with Gasteiger partial charge in [-0.15, -0.1) is 0 Å².